The quantitative estimate of drug-likeness (QED) is 0.736. The van der Waals surface area contributed by atoms with Gasteiger partial charge in [-0.2, -0.15) is 0 Å². The van der Waals surface area contributed by atoms with Crippen molar-refractivity contribution in [2.75, 3.05) is 18.4 Å². The Bertz CT molecular complexity index is 697. The van der Waals surface area contributed by atoms with Gasteiger partial charge in [0, 0.05) is 18.2 Å². The number of amides is 2. The first-order chi connectivity index (χ1) is 11.6. The monoisotopic (exact) mass is 363 g/mol. The average Bonchev–Trinajstić information content (AvgIpc) is 3.06. The van der Waals surface area contributed by atoms with Crippen LogP contribution in [0.4, 0.5) is 5.69 Å². The number of hydrogen-bond acceptors (Lipinski definition) is 4. The summed E-state index contributed by atoms with van der Waals surface area (Å²) in [6.07, 6.45) is 1.46. The number of benzene rings is 1. The lowest BCUT2D eigenvalue weighted by Gasteiger charge is -2.31. The molecular weight excluding hydrogens is 342 g/mol. The topological polar surface area (TPSA) is 83.4 Å². The molecule has 134 valence electrons. The van der Waals surface area contributed by atoms with Crippen molar-refractivity contribution >= 4 is 29.9 Å². The van der Waals surface area contributed by atoms with Gasteiger partial charge in [-0.15, -0.1) is 12.4 Å². The van der Waals surface area contributed by atoms with Crippen LogP contribution in [0, 0.1) is 11.8 Å². The van der Waals surface area contributed by atoms with E-state index in [1.54, 1.807) is 12.1 Å². The Labute approximate surface area is 152 Å². The van der Waals surface area contributed by atoms with Crippen molar-refractivity contribution in [3.05, 3.63) is 54.0 Å². The number of carbonyl (C=O) groups excluding carboxylic acids is 2. The van der Waals surface area contributed by atoms with Crippen molar-refractivity contribution in [2.45, 2.75) is 13.5 Å². The Hall–Kier alpha value is -2.31. The standard InChI is InChI=1S/C18H21N3O3.ClH/c1-12(14-10-19-11-14)17(22)20-9-13-4-6-15(7-5-13)21-18(23)16-3-2-8-24-16;/h2-8,12,14,19H,9-11H2,1H3,(H,20,22)(H,21,23);1H. The molecule has 6 nitrogen and oxygen atoms in total. The molecule has 1 aliphatic rings. The predicted octanol–water partition coefficient (Wildman–Crippen LogP) is 2.43. The van der Waals surface area contributed by atoms with Gasteiger partial charge in [0.2, 0.25) is 5.91 Å². The highest BCUT2D eigenvalue weighted by Crippen LogP contribution is 2.16. The average molecular weight is 364 g/mol. The van der Waals surface area contributed by atoms with Gasteiger partial charge in [-0.25, -0.2) is 0 Å². The highest BCUT2D eigenvalue weighted by molar-refractivity contribution is 6.02. The van der Waals surface area contributed by atoms with E-state index in [1.165, 1.54) is 6.26 Å². The second-order valence-corrected chi connectivity index (χ2v) is 6.05. The van der Waals surface area contributed by atoms with Crippen LogP contribution in [-0.2, 0) is 11.3 Å². The van der Waals surface area contributed by atoms with Crippen LogP contribution in [0.3, 0.4) is 0 Å². The van der Waals surface area contributed by atoms with E-state index < -0.39 is 0 Å². The minimum Gasteiger partial charge on any atom is -0.459 e. The predicted molar refractivity (Wildman–Crippen MR) is 97.7 cm³/mol. The summed E-state index contributed by atoms with van der Waals surface area (Å²) in [5.41, 5.74) is 1.67. The molecule has 0 spiro atoms. The Morgan fingerprint density at radius 3 is 2.52 bits per heavy atom. The van der Waals surface area contributed by atoms with Gasteiger partial charge in [0.15, 0.2) is 5.76 Å². The van der Waals surface area contributed by atoms with E-state index in [9.17, 15) is 9.59 Å². The Morgan fingerprint density at radius 1 is 1.24 bits per heavy atom. The number of hydrogen-bond donors (Lipinski definition) is 3. The van der Waals surface area contributed by atoms with Crippen molar-refractivity contribution in [1.29, 1.82) is 0 Å². The van der Waals surface area contributed by atoms with Crippen LogP contribution in [0.5, 0.6) is 0 Å². The van der Waals surface area contributed by atoms with Gasteiger partial charge in [0.05, 0.1) is 6.26 Å². The van der Waals surface area contributed by atoms with Gasteiger partial charge in [-0.1, -0.05) is 19.1 Å². The fourth-order valence-corrected chi connectivity index (χ4v) is 2.54. The molecule has 25 heavy (non-hydrogen) atoms. The molecule has 3 rings (SSSR count). The maximum atomic E-state index is 12.1. The van der Waals surface area contributed by atoms with Gasteiger partial charge in [0.1, 0.15) is 0 Å². The maximum absolute atomic E-state index is 12.1. The molecule has 7 heteroatoms. The van der Waals surface area contributed by atoms with Crippen molar-refractivity contribution < 1.29 is 14.0 Å². The fourth-order valence-electron chi connectivity index (χ4n) is 2.54. The number of nitrogens with one attached hydrogen (secondary N) is 3. The van der Waals surface area contributed by atoms with E-state index in [2.05, 4.69) is 16.0 Å². The van der Waals surface area contributed by atoms with Gasteiger partial charge >= 0.3 is 0 Å². The van der Waals surface area contributed by atoms with E-state index in [0.717, 1.165) is 18.7 Å². The lowest BCUT2D eigenvalue weighted by Crippen LogP contribution is -2.49. The van der Waals surface area contributed by atoms with Crippen LogP contribution in [0.25, 0.3) is 0 Å². The summed E-state index contributed by atoms with van der Waals surface area (Å²) in [6, 6.07) is 10.7. The fraction of sp³-hybridized carbons (Fsp3) is 0.333. The van der Waals surface area contributed by atoms with Crippen molar-refractivity contribution in [3.63, 3.8) is 0 Å². The molecular formula is C18H22ClN3O3. The summed E-state index contributed by atoms with van der Waals surface area (Å²) in [5.74, 6) is 0.522. The van der Waals surface area contributed by atoms with E-state index in [0.29, 0.717) is 18.2 Å². The van der Waals surface area contributed by atoms with E-state index in [-0.39, 0.29) is 35.9 Å². The molecule has 1 unspecified atom stereocenters. The lowest BCUT2D eigenvalue weighted by atomic mass is 9.88. The smallest absolute Gasteiger partial charge is 0.291 e. The highest BCUT2D eigenvalue weighted by atomic mass is 35.5. The third-order valence-electron chi connectivity index (χ3n) is 4.36. The SMILES string of the molecule is CC(C(=O)NCc1ccc(NC(=O)c2ccco2)cc1)C1CNC1.Cl. The summed E-state index contributed by atoms with van der Waals surface area (Å²) in [4.78, 5) is 24.0. The number of carbonyl (C=O) groups is 2. The van der Waals surface area contributed by atoms with Gasteiger partial charge in [-0.3, -0.25) is 9.59 Å². The molecule has 0 aliphatic carbocycles. The normalized spacial score (nSPS) is 14.8. The lowest BCUT2D eigenvalue weighted by molar-refractivity contribution is -0.126. The molecule has 2 heterocycles. The van der Waals surface area contributed by atoms with Crippen LogP contribution in [-0.4, -0.2) is 24.9 Å². The summed E-state index contributed by atoms with van der Waals surface area (Å²) in [5, 5.41) is 8.90. The van der Waals surface area contributed by atoms with Crippen molar-refractivity contribution in [3.8, 4) is 0 Å². The summed E-state index contributed by atoms with van der Waals surface area (Å²) in [6.45, 7) is 4.28. The second-order valence-electron chi connectivity index (χ2n) is 6.05. The zero-order chi connectivity index (χ0) is 16.9. The zero-order valence-corrected chi connectivity index (χ0v) is 14.8. The van der Waals surface area contributed by atoms with E-state index in [1.807, 2.05) is 31.2 Å². The van der Waals surface area contributed by atoms with Crippen LogP contribution in [0.15, 0.2) is 47.1 Å². The largest absolute Gasteiger partial charge is 0.459 e. The molecule has 1 saturated heterocycles. The van der Waals surface area contributed by atoms with Crippen molar-refractivity contribution in [1.82, 2.24) is 10.6 Å². The van der Waals surface area contributed by atoms with Crippen LogP contribution in [0.1, 0.15) is 23.0 Å². The Balaban J connectivity index is 0.00000225. The maximum Gasteiger partial charge on any atom is 0.291 e. The van der Waals surface area contributed by atoms with Gasteiger partial charge in [0.25, 0.3) is 5.91 Å². The molecule has 1 atom stereocenters. The minimum absolute atomic E-state index is 0. The number of halogens is 1. The number of anilines is 1. The third-order valence-corrected chi connectivity index (χ3v) is 4.36. The minimum atomic E-state index is -0.288. The molecule has 2 amide bonds. The van der Waals surface area contributed by atoms with Crippen LogP contribution >= 0.6 is 12.4 Å². The zero-order valence-electron chi connectivity index (χ0n) is 14.0. The molecule has 0 saturated carbocycles. The van der Waals surface area contributed by atoms with Crippen LogP contribution < -0.4 is 16.0 Å². The first-order valence-corrected chi connectivity index (χ1v) is 8.05. The molecule has 1 fully saturated rings. The van der Waals surface area contributed by atoms with Gasteiger partial charge < -0.3 is 20.4 Å². The van der Waals surface area contributed by atoms with Crippen LogP contribution in [0.2, 0.25) is 0 Å². The Morgan fingerprint density at radius 2 is 1.96 bits per heavy atom. The van der Waals surface area contributed by atoms with Crippen molar-refractivity contribution in [2.24, 2.45) is 11.8 Å². The summed E-state index contributed by atoms with van der Waals surface area (Å²) in [7, 11) is 0. The van der Waals surface area contributed by atoms with Gasteiger partial charge in [-0.05, 0) is 48.8 Å². The first kappa shape index (κ1) is 19.0. The van der Waals surface area contributed by atoms with E-state index >= 15 is 0 Å². The molecule has 1 aromatic carbocycles. The molecule has 0 bridgehead atoms. The Kier molecular flexibility index (Phi) is 6.61. The molecule has 2 aromatic rings. The summed E-state index contributed by atoms with van der Waals surface area (Å²) >= 11 is 0. The van der Waals surface area contributed by atoms with E-state index in [4.69, 9.17) is 4.42 Å². The second kappa shape index (κ2) is 8.69. The first-order valence-electron chi connectivity index (χ1n) is 8.05. The number of rotatable bonds is 6. The summed E-state index contributed by atoms with van der Waals surface area (Å²) < 4.78 is 5.05. The molecule has 3 N–H and O–H groups in total. The molecule has 0 radical (unpaired) electrons. The molecule has 1 aliphatic heterocycles. The third kappa shape index (κ3) is 4.84. The number of furan rings is 1. The molecule has 1 aromatic heterocycles. The highest BCUT2D eigenvalue weighted by Gasteiger charge is 2.28.